The van der Waals surface area contributed by atoms with E-state index in [2.05, 4.69) is 66.1 Å². The van der Waals surface area contributed by atoms with Crippen LogP contribution in [0.2, 0.25) is 10.0 Å². The number of anilines is 2. The van der Waals surface area contributed by atoms with Crippen molar-refractivity contribution in [1.82, 2.24) is 4.98 Å². The molecule has 42 heavy (non-hydrogen) atoms. The Balaban J connectivity index is 1.12. The number of carbonyl (C=O) groups excluding carboxylic acids is 2. The topological polar surface area (TPSA) is 71.1 Å². The maximum absolute atomic E-state index is 14.0. The Kier molecular flexibility index (Phi) is 6.65. The third-order valence-corrected chi connectivity index (χ3v) is 9.97. The van der Waals surface area contributed by atoms with Crippen molar-refractivity contribution in [2.45, 2.75) is 25.2 Å². The largest absolute Gasteiger partial charge is 0.322 e. The molecule has 1 unspecified atom stereocenters. The summed E-state index contributed by atoms with van der Waals surface area (Å²) in [6, 6.07) is 29.2. The molecule has 1 heterocycles. The molecule has 8 heteroatoms. The second-order valence-corrected chi connectivity index (χ2v) is 12.7. The van der Waals surface area contributed by atoms with Crippen LogP contribution in [0, 0.1) is 5.41 Å². The maximum atomic E-state index is 14.0. The number of hydrogen-bond acceptors (Lipinski definition) is 4. The molecule has 3 aliphatic rings. The summed E-state index contributed by atoms with van der Waals surface area (Å²) in [4.78, 5) is 31.6. The molecule has 1 aromatic heterocycles. The first kappa shape index (κ1) is 26.9. The van der Waals surface area contributed by atoms with E-state index in [1.54, 1.807) is 30.3 Å². The van der Waals surface area contributed by atoms with Crippen LogP contribution in [0.25, 0.3) is 11.3 Å². The highest BCUT2D eigenvalue weighted by atomic mass is 35.5. The van der Waals surface area contributed by atoms with E-state index in [4.69, 9.17) is 28.2 Å². The van der Waals surface area contributed by atoms with Crippen LogP contribution in [0.15, 0.2) is 96.4 Å². The minimum absolute atomic E-state index is 0.0277. The fourth-order valence-corrected chi connectivity index (χ4v) is 7.50. The van der Waals surface area contributed by atoms with Crippen LogP contribution in [0.3, 0.4) is 0 Å². The van der Waals surface area contributed by atoms with E-state index in [1.165, 1.54) is 33.6 Å². The molecule has 5 nitrogen and oxygen atoms in total. The van der Waals surface area contributed by atoms with E-state index >= 15 is 0 Å². The summed E-state index contributed by atoms with van der Waals surface area (Å²) in [6.07, 6.45) is 0.742. The van der Waals surface area contributed by atoms with Gasteiger partial charge in [-0.05, 0) is 65.9 Å². The Morgan fingerprint density at radius 2 is 1.52 bits per heavy atom. The number of nitrogens with zero attached hydrogens (tertiary/aromatic N) is 1. The van der Waals surface area contributed by atoms with Gasteiger partial charge in [0.1, 0.15) is 0 Å². The molecule has 5 aromatic rings. The van der Waals surface area contributed by atoms with Crippen molar-refractivity contribution >= 4 is 57.2 Å². The summed E-state index contributed by atoms with van der Waals surface area (Å²) >= 11 is 13.5. The number of nitrogens with one attached hydrogen (secondary N) is 2. The van der Waals surface area contributed by atoms with Crippen LogP contribution >= 0.6 is 34.5 Å². The lowest BCUT2D eigenvalue weighted by Crippen LogP contribution is -2.47. The highest BCUT2D eigenvalue weighted by molar-refractivity contribution is 7.14. The molecular formula is C34H25Cl2N3O2S. The SMILES string of the molecule is CC1(C(=O)Nc2nc(-c3cccc(C(=O)Nc4ccc(Cl)c(Cl)c4)c3)cs2)CC2c3ccccc3C1c1ccccc12. The van der Waals surface area contributed by atoms with Crippen molar-refractivity contribution in [3.63, 3.8) is 0 Å². The molecule has 0 aliphatic heterocycles. The van der Waals surface area contributed by atoms with Gasteiger partial charge in [0.2, 0.25) is 5.91 Å². The highest BCUT2D eigenvalue weighted by Crippen LogP contribution is 2.61. The monoisotopic (exact) mass is 609 g/mol. The van der Waals surface area contributed by atoms with Gasteiger partial charge in [-0.1, -0.05) is 83.9 Å². The van der Waals surface area contributed by atoms with Gasteiger partial charge >= 0.3 is 0 Å². The summed E-state index contributed by atoms with van der Waals surface area (Å²) in [5, 5.41) is 9.19. The van der Waals surface area contributed by atoms with E-state index in [1.807, 2.05) is 17.5 Å². The third-order valence-electron chi connectivity index (χ3n) is 8.47. The van der Waals surface area contributed by atoms with Crippen LogP contribution < -0.4 is 10.6 Å². The van der Waals surface area contributed by atoms with Gasteiger partial charge in [0.15, 0.2) is 5.13 Å². The van der Waals surface area contributed by atoms with Crippen LogP contribution in [0.1, 0.15) is 57.8 Å². The Morgan fingerprint density at radius 3 is 2.21 bits per heavy atom. The van der Waals surface area contributed by atoms with Crippen molar-refractivity contribution in [3.8, 4) is 11.3 Å². The van der Waals surface area contributed by atoms with Gasteiger partial charge < -0.3 is 10.6 Å². The van der Waals surface area contributed by atoms with Crippen molar-refractivity contribution < 1.29 is 9.59 Å². The lowest BCUT2D eigenvalue weighted by Gasteiger charge is -2.50. The fraction of sp³-hybridized carbons (Fsp3) is 0.147. The summed E-state index contributed by atoms with van der Waals surface area (Å²) in [6.45, 7) is 2.08. The quantitative estimate of drug-likeness (QED) is 0.209. The smallest absolute Gasteiger partial charge is 0.255 e. The number of hydrogen-bond donors (Lipinski definition) is 2. The lowest BCUT2D eigenvalue weighted by atomic mass is 9.52. The number of benzene rings is 4. The predicted molar refractivity (Wildman–Crippen MR) is 170 cm³/mol. The standard InChI is InChI=1S/C34H25Cl2N3O2S/c1-34(17-26-22-9-2-4-11-24(22)30(34)25-12-5-3-10-23(25)26)32(41)39-33-38-29(18-42-33)19-7-6-8-20(15-19)31(40)37-21-13-14-27(35)28(36)16-21/h2-16,18,26,30H,17H2,1H3,(H,37,40)(H,38,39,41). The molecule has 3 aliphatic carbocycles. The molecule has 1 atom stereocenters. The second-order valence-electron chi connectivity index (χ2n) is 11.0. The minimum atomic E-state index is -0.623. The average molecular weight is 611 g/mol. The van der Waals surface area contributed by atoms with Crippen LogP contribution in [0.5, 0.6) is 0 Å². The molecule has 2 bridgehead atoms. The average Bonchev–Trinajstić information content (AvgIpc) is 3.48. The Labute approximate surface area is 257 Å². The van der Waals surface area contributed by atoms with Crippen molar-refractivity contribution in [2.24, 2.45) is 5.41 Å². The molecule has 208 valence electrons. The number of rotatable bonds is 5. The molecular weight excluding hydrogens is 585 g/mol. The summed E-state index contributed by atoms with van der Waals surface area (Å²) in [7, 11) is 0. The van der Waals surface area contributed by atoms with Crippen molar-refractivity contribution in [2.75, 3.05) is 10.6 Å². The minimum Gasteiger partial charge on any atom is -0.322 e. The summed E-state index contributed by atoms with van der Waals surface area (Å²) in [5.41, 5.74) is 6.99. The Hall–Kier alpha value is -3.97. The Morgan fingerprint density at radius 1 is 0.833 bits per heavy atom. The molecule has 0 radical (unpaired) electrons. The number of thiazole rings is 1. The second kappa shape index (κ2) is 10.4. The normalized spacial score (nSPS) is 20.0. The van der Waals surface area contributed by atoms with Gasteiger partial charge in [0.05, 0.1) is 21.2 Å². The van der Waals surface area contributed by atoms with Crippen LogP contribution in [0.4, 0.5) is 10.8 Å². The lowest BCUT2D eigenvalue weighted by molar-refractivity contribution is -0.126. The van der Waals surface area contributed by atoms with E-state index in [0.29, 0.717) is 32.1 Å². The Bertz CT molecular complexity index is 1840. The molecule has 4 aromatic carbocycles. The summed E-state index contributed by atoms with van der Waals surface area (Å²) in [5.74, 6) is -0.153. The van der Waals surface area contributed by atoms with Gasteiger partial charge in [-0.25, -0.2) is 4.98 Å². The number of aromatic nitrogens is 1. The first-order chi connectivity index (χ1) is 20.3. The van der Waals surface area contributed by atoms with Gasteiger partial charge in [-0.15, -0.1) is 11.3 Å². The van der Waals surface area contributed by atoms with Gasteiger partial charge in [-0.3, -0.25) is 9.59 Å². The molecule has 0 spiro atoms. The van der Waals surface area contributed by atoms with E-state index in [0.717, 1.165) is 12.0 Å². The fourth-order valence-electron chi connectivity index (χ4n) is 6.49. The number of carbonyl (C=O) groups is 2. The van der Waals surface area contributed by atoms with Crippen LogP contribution in [-0.2, 0) is 4.79 Å². The zero-order valence-electron chi connectivity index (χ0n) is 22.5. The molecule has 8 rings (SSSR count). The molecule has 0 fully saturated rings. The zero-order chi connectivity index (χ0) is 29.0. The number of amides is 2. The van der Waals surface area contributed by atoms with Crippen molar-refractivity contribution in [1.29, 1.82) is 0 Å². The number of halogens is 2. The van der Waals surface area contributed by atoms with E-state index in [-0.39, 0.29) is 23.7 Å². The number of fused-ring (bicyclic) bond motifs is 1. The van der Waals surface area contributed by atoms with E-state index < -0.39 is 5.41 Å². The van der Waals surface area contributed by atoms with E-state index in [9.17, 15) is 9.59 Å². The molecule has 2 amide bonds. The first-order valence-electron chi connectivity index (χ1n) is 13.6. The van der Waals surface area contributed by atoms with Gasteiger partial charge in [0.25, 0.3) is 5.91 Å². The zero-order valence-corrected chi connectivity index (χ0v) is 24.9. The third kappa shape index (κ3) is 4.51. The molecule has 0 saturated carbocycles. The van der Waals surface area contributed by atoms with Crippen LogP contribution in [-0.4, -0.2) is 16.8 Å². The van der Waals surface area contributed by atoms with Crippen molar-refractivity contribution in [3.05, 3.63) is 134 Å². The first-order valence-corrected chi connectivity index (χ1v) is 15.3. The molecule has 0 saturated heterocycles. The van der Waals surface area contributed by atoms with Gasteiger partial charge in [-0.2, -0.15) is 0 Å². The predicted octanol–water partition coefficient (Wildman–Crippen LogP) is 9.00. The summed E-state index contributed by atoms with van der Waals surface area (Å²) < 4.78 is 0. The maximum Gasteiger partial charge on any atom is 0.255 e. The molecule has 2 N–H and O–H groups in total. The highest BCUT2D eigenvalue weighted by Gasteiger charge is 2.54. The van der Waals surface area contributed by atoms with Gasteiger partial charge in [0, 0.05) is 34.0 Å².